The van der Waals surface area contributed by atoms with Crippen LogP contribution in [0.25, 0.3) is 0 Å². The van der Waals surface area contributed by atoms with Crippen molar-refractivity contribution in [2.45, 2.75) is 32.0 Å². The van der Waals surface area contributed by atoms with Crippen molar-refractivity contribution < 1.29 is 14.6 Å². The highest BCUT2D eigenvalue weighted by molar-refractivity contribution is 9.10. The molecular weight excluding hydrogens is 310 g/mol. The molecule has 1 saturated heterocycles. The lowest BCUT2D eigenvalue weighted by Crippen LogP contribution is -2.47. The van der Waals surface area contributed by atoms with Crippen LogP contribution >= 0.6 is 15.9 Å². The molecule has 2 atom stereocenters. The molecule has 0 bridgehead atoms. The molecule has 0 radical (unpaired) electrons. The molecule has 2 rings (SSSR count). The topological polar surface area (TPSA) is 58.6 Å². The highest BCUT2D eigenvalue weighted by Crippen LogP contribution is 2.25. The molecule has 1 aliphatic heterocycles. The van der Waals surface area contributed by atoms with Crippen LogP contribution < -0.4 is 5.32 Å². The van der Waals surface area contributed by atoms with E-state index in [9.17, 15) is 9.90 Å². The van der Waals surface area contributed by atoms with Gasteiger partial charge in [0, 0.05) is 24.0 Å². The van der Waals surface area contributed by atoms with Gasteiger partial charge in [-0.3, -0.25) is 4.79 Å². The number of halogens is 1. The Bertz CT molecular complexity index is 492. The van der Waals surface area contributed by atoms with E-state index in [0.717, 1.165) is 10.0 Å². The van der Waals surface area contributed by atoms with E-state index in [1.165, 1.54) is 0 Å². The van der Waals surface area contributed by atoms with Gasteiger partial charge in [-0.25, -0.2) is 0 Å². The number of carbonyl (C=O) groups is 1. The zero-order valence-corrected chi connectivity index (χ0v) is 12.7. The van der Waals surface area contributed by atoms with E-state index < -0.39 is 5.60 Å². The fraction of sp³-hybridized carbons (Fsp3) is 0.500. The Morgan fingerprint density at radius 1 is 1.63 bits per heavy atom. The number of rotatable bonds is 3. The first-order chi connectivity index (χ1) is 8.92. The van der Waals surface area contributed by atoms with Crippen LogP contribution in [0.5, 0.6) is 0 Å². The van der Waals surface area contributed by atoms with Gasteiger partial charge < -0.3 is 15.2 Å². The summed E-state index contributed by atoms with van der Waals surface area (Å²) in [4.78, 5) is 12.1. The molecule has 1 heterocycles. The summed E-state index contributed by atoms with van der Waals surface area (Å²) in [5.74, 6) is -0.195. The van der Waals surface area contributed by atoms with Gasteiger partial charge in [0.1, 0.15) is 5.60 Å². The minimum absolute atomic E-state index is 0.195. The van der Waals surface area contributed by atoms with E-state index in [4.69, 9.17) is 4.74 Å². The van der Waals surface area contributed by atoms with Crippen molar-refractivity contribution >= 4 is 21.8 Å². The third kappa shape index (κ3) is 3.16. The summed E-state index contributed by atoms with van der Waals surface area (Å²) in [5, 5.41) is 13.1. The van der Waals surface area contributed by atoms with Gasteiger partial charge in [0.05, 0.1) is 11.7 Å². The second kappa shape index (κ2) is 5.61. The lowest BCUT2D eigenvalue weighted by molar-refractivity contribution is -0.0251. The predicted molar refractivity (Wildman–Crippen MR) is 76.2 cm³/mol. The van der Waals surface area contributed by atoms with Crippen LogP contribution in [0.3, 0.4) is 0 Å². The Hall–Kier alpha value is -0.910. The van der Waals surface area contributed by atoms with E-state index in [1.807, 2.05) is 26.0 Å². The second-order valence-corrected chi connectivity index (χ2v) is 5.89. The third-order valence-electron chi connectivity index (χ3n) is 3.58. The summed E-state index contributed by atoms with van der Waals surface area (Å²) < 4.78 is 6.09. The van der Waals surface area contributed by atoms with Gasteiger partial charge in [0.2, 0.25) is 0 Å². The summed E-state index contributed by atoms with van der Waals surface area (Å²) in [6.07, 6.45) is 0.290. The molecule has 0 aromatic heterocycles. The highest BCUT2D eigenvalue weighted by atomic mass is 79.9. The Labute approximate surface area is 121 Å². The van der Waals surface area contributed by atoms with Crippen molar-refractivity contribution in [2.24, 2.45) is 0 Å². The summed E-state index contributed by atoms with van der Waals surface area (Å²) in [7, 11) is 0. The van der Waals surface area contributed by atoms with Gasteiger partial charge in [-0.1, -0.05) is 6.07 Å². The van der Waals surface area contributed by atoms with Crippen LogP contribution in [0.2, 0.25) is 0 Å². The molecular formula is C14H18BrNO3. The average Bonchev–Trinajstić information content (AvgIpc) is 2.67. The number of hydrogen-bond donors (Lipinski definition) is 2. The van der Waals surface area contributed by atoms with Crippen LogP contribution in [-0.4, -0.2) is 35.9 Å². The number of hydrogen-bond acceptors (Lipinski definition) is 3. The molecule has 19 heavy (non-hydrogen) atoms. The molecule has 104 valence electrons. The normalized spacial score (nSPS) is 26.4. The average molecular weight is 328 g/mol. The van der Waals surface area contributed by atoms with Crippen LogP contribution in [0, 0.1) is 6.92 Å². The molecule has 1 aromatic carbocycles. The highest BCUT2D eigenvalue weighted by Gasteiger charge is 2.39. The Morgan fingerprint density at radius 3 is 2.95 bits per heavy atom. The molecule has 4 nitrogen and oxygen atoms in total. The molecule has 1 fully saturated rings. The van der Waals surface area contributed by atoms with Crippen LogP contribution in [-0.2, 0) is 4.74 Å². The van der Waals surface area contributed by atoms with Gasteiger partial charge in [-0.05, 0) is 47.5 Å². The first kappa shape index (κ1) is 14.5. The number of aryl methyl sites for hydroxylation is 1. The van der Waals surface area contributed by atoms with Crippen LogP contribution in [0.1, 0.15) is 29.3 Å². The lowest BCUT2D eigenvalue weighted by atomic mass is 9.96. The number of carbonyl (C=O) groups excluding carboxylic acids is 1. The van der Waals surface area contributed by atoms with E-state index in [1.54, 1.807) is 6.07 Å². The summed E-state index contributed by atoms with van der Waals surface area (Å²) >= 11 is 3.38. The van der Waals surface area contributed by atoms with Crippen LogP contribution in [0.15, 0.2) is 22.7 Å². The van der Waals surface area contributed by atoms with Crippen molar-refractivity contribution in [1.82, 2.24) is 5.32 Å². The van der Waals surface area contributed by atoms with Crippen molar-refractivity contribution in [2.75, 3.05) is 13.2 Å². The molecule has 0 aliphatic carbocycles. The molecule has 1 aliphatic rings. The first-order valence-corrected chi connectivity index (χ1v) is 7.10. The number of nitrogens with one attached hydrogen (secondary N) is 1. The van der Waals surface area contributed by atoms with Gasteiger partial charge in [0.15, 0.2) is 0 Å². The third-order valence-corrected chi connectivity index (χ3v) is 4.24. The monoisotopic (exact) mass is 327 g/mol. The number of benzene rings is 1. The Balaban J connectivity index is 2.02. The minimum Gasteiger partial charge on any atom is -0.385 e. The van der Waals surface area contributed by atoms with Gasteiger partial charge in [-0.2, -0.15) is 0 Å². The van der Waals surface area contributed by atoms with Gasteiger partial charge >= 0.3 is 0 Å². The van der Waals surface area contributed by atoms with Crippen molar-refractivity contribution in [1.29, 1.82) is 0 Å². The Kier molecular flexibility index (Phi) is 4.28. The number of aliphatic hydroxyl groups is 1. The maximum atomic E-state index is 12.1. The fourth-order valence-electron chi connectivity index (χ4n) is 2.14. The maximum absolute atomic E-state index is 12.1. The molecule has 2 unspecified atom stereocenters. The second-order valence-electron chi connectivity index (χ2n) is 5.03. The van der Waals surface area contributed by atoms with Crippen LogP contribution in [0.4, 0.5) is 0 Å². The van der Waals surface area contributed by atoms with E-state index >= 15 is 0 Å². The molecule has 1 aromatic rings. The first-order valence-electron chi connectivity index (χ1n) is 6.31. The molecule has 0 saturated carbocycles. The van der Waals surface area contributed by atoms with Gasteiger partial charge in [0.25, 0.3) is 5.91 Å². The molecule has 5 heteroatoms. The maximum Gasteiger partial charge on any atom is 0.252 e. The zero-order chi connectivity index (χ0) is 14.0. The van der Waals surface area contributed by atoms with E-state index in [-0.39, 0.29) is 18.6 Å². The molecule has 1 amide bonds. The molecule has 0 spiro atoms. The quantitative estimate of drug-likeness (QED) is 0.893. The zero-order valence-electron chi connectivity index (χ0n) is 11.1. The van der Waals surface area contributed by atoms with Crippen molar-refractivity contribution in [3.8, 4) is 0 Å². The van der Waals surface area contributed by atoms with E-state index in [0.29, 0.717) is 18.6 Å². The SMILES string of the molecule is Cc1ccc(C(=O)NCC2(O)CCOC2C)c(Br)c1. The fourth-order valence-corrected chi connectivity index (χ4v) is 2.81. The smallest absolute Gasteiger partial charge is 0.252 e. The Morgan fingerprint density at radius 2 is 2.37 bits per heavy atom. The standard InChI is InChI=1S/C14H18BrNO3/c1-9-3-4-11(12(15)7-9)13(17)16-8-14(18)5-6-19-10(14)2/h3-4,7,10,18H,5-6,8H2,1-2H3,(H,16,17). The van der Waals surface area contributed by atoms with Crippen molar-refractivity contribution in [3.05, 3.63) is 33.8 Å². The summed E-state index contributed by atoms with van der Waals surface area (Å²) in [6.45, 7) is 4.52. The minimum atomic E-state index is -0.965. The van der Waals surface area contributed by atoms with Crippen molar-refractivity contribution in [3.63, 3.8) is 0 Å². The lowest BCUT2D eigenvalue weighted by Gasteiger charge is -2.26. The number of amides is 1. The summed E-state index contributed by atoms with van der Waals surface area (Å²) in [5.41, 5.74) is 0.688. The van der Waals surface area contributed by atoms with E-state index in [2.05, 4.69) is 21.2 Å². The van der Waals surface area contributed by atoms with Gasteiger partial charge in [-0.15, -0.1) is 0 Å². The predicted octanol–water partition coefficient (Wildman–Crippen LogP) is 2.03. The summed E-state index contributed by atoms with van der Waals surface area (Å²) in [6, 6.07) is 5.55. The number of ether oxygens (including phenoxy) is 1. The molecule has 2 N–H and O–H groups in total. The largest absolute Gasteiger partial charge is 0.385 e.